The lowest BCUT2D eigenvalue weighted by atomic mass is 9.86. The highest BCUT2D eigenvalue weighted by molar-refractivity contribution is 5.78. The van der Waals surface area contributed by atoms with Gasteiger partial charge in [-0.25, -0.2) is 0 Å². The lowest BCUT2D eigenvalue weighted by molar-refractivity contribution is 0.0761. The third-order valence-electron chi connectivity index (χ3n) is 3.80. The van der Waals surface area contributed by atoms with Crippen LogP contribution in [-0.2, 0) is 0 Å². The molecule has 0 saturated heterocycles. The van der Waals surface area contributed by atoms with Gasteiger partial charge in [0.25, 0.3) is 6.01 Å². The molecule has 1 aromatic heterocycles. The van der Waals surface area contributed by atoms with E-state index < -0.39 is 0 Å². The summed E-state index contributed by atoms with van der Waals surface area (Å²) in [6.07, 6.45) is 4.06. The Morgan fingerprint density at radius 2 is 2.21 bits per heavy atom. The number of aromatic nitrogens is 1. The van der Waals surface area contributed by atoms with Crippen molar-refractivity contribution in [2.75, 3.05) is 17.6 Å². The molecule has 0 amide bonds. The van der Waals surface area contributed by atoms with Crippen molar-refractivity contribution in [3.8, 4) is 0 Å². The number of nitrogens with one attached hydrogen (secondary N) is 1. The largest absolute Gasteiger partial charge is 0.423 e. The number of benzene rings is 1. The highest BCUT2D eigenvalue weighted by Crippen LogP contribution is 2.26. The summed E-state index contributed by atoms with van der Waals surface area (Å²) in [5, 5.41) is 13.1. The maximum atomic E-state index is 9.92. The zero-order valence-corrected chi connectivity index (χ0v) is 10.8. The number of rotatable bonds is 3. The van der Waals surface area contributed by atoms with Gasteiger partial charge in [-0.3, -0.25) is 0 Å². The monoisotopic (exact) mass is 261 g/mol. The van der Waals surface area contributed by atoms with Crippen LogP contribution in [0, 0.1) is 5.92 Å². The third-order valence-corrected chi connectivity index (χ3v) is 3.80. The fraction of sp³-hybridized carbons (Fsp3) is 0.500. The molecule has 1 aromatic carbocycles. The van der Waals surface area contributed by atoms with E-state index >= 15 is 0 Å². The van der Waals surface area contributed by atoms with Gasteiger partial charge in [0.1, 0.15) is 5.52 Å². The van der Waals surface area contributed by atoms with Gasteiger partial charge >= 0.3 is 0 Å². The number of oxazole rings is 1. The molecule has 1 saturated carbocycles. The summed E-state index contributed by atoms with van der Waals surface area (Å²) in [5.74, 6) is 0.286. The van der Waals surface area contributed by atoms with Crippen molar-refractivity contribution in [2.45, 2.75) is 31.8 Å². The fourth-order valence-corrected chi connectivity index (χ4v) is 2.66. The zero-order valence-electron chi connectivity index (χ0n) is 10.8. The summed E-state index contributed by atoms with van der Waals surface area (Å²) in [6, 6.07) is 5.91. The molecule has 3 rings (SSSR count). The van der Waals surface area contributed by atoms with Gasteiger partial charge in [-0.2, -0.15) is 4.98 Å². The molecule has 0 radical (unpaired) electrons. The van der Waals surface area contributed by atoms with Crippen molar-refractivity contribution >= 4 is 22.8 Å². The van der Waals surface area contributed by atoms with Crippen molar-refractivity contribution in [3.63, 3.8) is 0 Å². The molecule has 1 aliphatic rings. The predicted molar refractivity (Wildman–Crippen MR) is 74.9 cm³/mol. The second-order valence-corrected chi connectivity index (χ2v) is 5.24. The molecule has 0 bridgehead atoms. The smallest absolute Gasteiger partial charge is 0.295 e. The SMILES string of the molecule is Nc1ccc2nc(NCC3CCCCC3O)oc2c1. The number of hydrogen-bond acceptors (Lipinski definition) is 5. The normalized spacial score (nSPS) is 23.6. The summed E-state index contributed by atoms with van der Waals surface area (Å²) < 4.78 is 5.59. The molecule has 2 aromatic rings. The van der Waals surface area contributed by atoms with Crippen LogP contribution in [0.25, 0.3) is 11.1 Å². The van der Waals surface area contributed by atoms with E-state index in [2.05, 4.69) is 10.3 Å². The maximum absolute atomic E-state index is 9.92. The quantitative estimate of drug-likeness (QED) is 0.739. The average Bonchev–Trinajstić information content (AvgIpc) is 2.79. The second kappa shape index (κ2) is 5.09. The Labute approximate surface area is 111 Å². The fourth-order valence-electron chi connectivity index (χ4n) is 2.66. The Balaban J connectivity index is 1.68. The zero-order chi connectivity index (χ0) is 13.2. The topological polar surface area (TPSA) is 84.3 Å². The van der Waals surface area contributed by atoms with E-state index in [0.29, 0.717) is 23.8 Å². The van der Waals surface area contributed by atoms with Crippen molar-refractivity contribution < 1.29 is 9.52 Å². The molecule has 4 N–H and O–H groups in total. The number of fused-ring (bicyclic) bond motifs is 1. The molecule has 5 heteroatoms. The number of anilines is 2. The molecular formula is C14H19N3O2. The Bertz CT molecular complexity index is 567. The number of hydrogen-bond donors (Lipinski definition) is 3. The van der Waals surface area contributed by atoms with E-state index in [1.165, 1.54) is 6.42 Å². The Morgan fingerprint density at radius 1 is 1.37 bits per heavy atom. The molecule has 1 heterocycles. The van der Waals surface area contributed by atoms with Crippen LogP contribution in [0.5, 0.6) is 0 Å². The number of nitrogen functional groups attached to an aromatic ring is 1. The summed E-state index contributed by atoms with van der Waals surface area (Å²) in [7, 11) is 0. The molecule has 19 heavy (non-hydrogen) atoms. The Kier molecular flexibility index (Phi) is 3.29. The highest BCUT2D eigenvalue weighted by atomic mass is 16.4. The third kappa shape index (κ3) is 2.66. The van der Waals surface area contributed by atoms with Crippen LogP contribution in [0.3, 0.4) is 0 Å². The summed E-state index contributed by atoms with van der Waals surface area (Å²) in [4.78, 5) is 4.35. The molecule has 1 fully saturated rings. The molecule has 102 valence electrons. The first-order valence-corrected chi connectivity index (χ1v) is 6.80. The van der Waals surface area contributed by atoms with Crippen molar-refractivity contribution in [2.24, 2.45) is 5.92 Å². The molecule has 2 unspecified atom stereocenters. The van der Waals surface area contributed by atoms with Crippen molar-refractivity contribution in [3.05, 3.63) is 18.2 Å². The van der Waals surface area contributed by atoms with Crippen LogP contribution in [0.4, 0.5) is 11.7 Å². The van der Waals surface area contributed by atoms with Crippen LogP contribution in [0.15, 0.2) is 22.6 Å². The second-order valence-electron chi connectivity index (χ2n) is 5.24. The van der Waals surface area contributed by atoms with Crippen LogP contribution < -0.4 is 11.1 Å². The molecule has 0 aliphatic heterocycles. The minimum atomic E-state index is -0.207. The van der Waals surface area contributed by atoms with Gasteiger partial charge in [-0.1, -0.05) is 12.8 Å². The highest BCUT2D eigenvalue weighted by Gasteiger charge is 2.23. The van der Waals surface area contributed by atoms with E-state index in [9.17, 15) is 5.11 Å². The molecular weight excluding hydrogens is 242 g/mol. The number of nitrogens with zero attached hydrogens (tertiary/aromatic N) is 1. The summed E-state index contributed by atoms with van der Waals surface area (Å²) in [6.45, 7) is 0.698. The van der Waals surface area contributed by atoms with Gasteiger partial charge in [0, 0.05) is 24.2 Å². The Morgan fingerprint density at radius 3 is 3.05 bits per heavy atom. The number of aliphatic hydroxyl groups excluding tert-OH is 1. The van der Waals surface area contributed by atoms with E-state index in [0.717, 1.165) is 24.8 Å². The maximum Gasteiger partial charge on any atom is 0.295 e. The van der Waals surface area contributed by atoms with Gasteiger partial charge < -0.3 is 20.6 Å². The van der Waals surface area contributed by atoms with Crippen LogP contribution >= 0.6 is 0 Å². The van der Waals surface area contributed by atoms with E-state index in [1.54, 1.807) is 12.1 Å². The minimum absolute atomic E-state index is 0.207. The van der Waals surface area contributed by atoms with Gasteiger partial charge in [-0.15, -0.1) is 0 Å². The predicted octanol–water partition coefficient (Wildman–Crippen LogP) is 2.37. The van der Waals surface area contributed by atoms with Crippen LogP contribution in [0.2, 0.25) is 0 Å². The molecule has 1 aliphatic carbocycles. The first-order valence-electron chi connectivity index (χ1n) is 6.80. The van der Waals surface area contributed by atoms with Crippen molar-refractivity contribution in [1.29, 1.82) is 0 Å². The summed E-state index contributed by atoms with van der Waals surface area (Å²) >= 11 is 0. The summed E-state index contributed by atoms with van der Waals surface area (Å²) in [5.41, 5.74) is 7.84. The standard InChI is InChI=1S/C14H19N3O2/c15-10-5-6-11-13(7-10)19-14(17-11)16-8-9-3-1-2-4-12(9)18/h5-7,9,12,18H,1-4,8,15H2,(H,16,17). The Hall–Kier alpha value is -1.75. The number of nitrogens with two attached hydrogens (primary N) is 1. The number of aliphatic hydroxyl groups is 1. The van der Waals surface area contributed by atoms with Gasteiger partial charge in [0.2, 0.25) is 0 Å². The van der Waals surface area contributed by atoms with E-state index in [1.807, 2.05) is 6.07 Å². The van der Waals surface area contributed by atoms with Gasteiger partial charge in [0.05, 0.1) is 6.10 Å². The molecule has 5 nitrogen and oxygen atoms in total. The molecule has 2 atom stereocenters. The van der Waals surface area contributed by atoms with Crippen molar-refractivity contribution in [1.82, 2.24) is 4.98 Å². The lowest BCUT2D eigenvalue weighted by Crippen LogP contribution is -2.30. The van der Waals surface area contributed by atoms with Gasteiger partial charge in [0.15, 0.2) is 5.58 Å². The van der Waals surface area contributed by atoms with Crippen LogP contribution in [0.1, 0.15) is 25.7 Å². The average molecular weight is 261 g/mol. The van der Waals surface area contributed by atoms with E-state index in [4.69, 9.17) is 10.2 Å². The first-order chi connectivity index (χ1) is 9.22. The van der Waals surface area contributed by atoms with Crippen LogP contribution in [-0.4, -0.2) is 22.7 Å². The minimum Gasteiger partial charge on any atom is -0.423 e. The van der Waals surface area contributed by atoms with E-state index in [-0.39, 0.29) is 12.0 Å². The van der Waals surface area contributed by atoms with Gasteiger partial charge in [-0.05, 0) is 25.0 Å². The molecule has 0 spiro atoms. The first kappa shape index (κ1) is 12.3. The lowest BCUT2D eigenvalue weighted by Gasteiger charge is -2.27.